The van der Waals surface area contributed by atoms with Crippen LogP contribution >= 0.6 is 0 Å². The predicted octanol–water partition coefficient (Wildman–Crippen LogP) is 4.67. The fourth-order valence-corrected chi connectivity index (χ4v) is 2.99. The van der Waals surface area contributed by atoms with Crippen molar-refractivity contribution in [2.45, 2.75) is 19.8 Å². The van der Waals surface area contributed by atoms with Crippen molar-refractivity contribution >= 4 is 12.0 Å². The number of rotatable bonds is 4. The van der Waals surface area contributed by atoms with Crippen molar-refractivity contribution in [1.29, 1.82) is 0 Å². The maximum atomic E-state index is 11.6. The van der Waals surface area contributed by atoms with Gasteiger partial charge in [-0.3, -0.25) is 0 Å². The van der Waals surface area contributed by atoms with Gasteiger partial charge in [0.1, 0.15) is 17.8 Å². The molecule has 3 rings (SSSR count). The zero-order valence-corrected chi connectivity index (χ0v) is 12.9. The van der Waals surface area contributed by atoms with Gasteiger partial charge in [0.2, 0.25) is 0 Å². The molecular weight excluding hydrogens is 272 g/mol. The summed E-state index contributed by atoms with van der Waals surface area (Å²) in [6.07, 6.45) is 3.17. The van der Waals surface area contributed by atoms with E-state index in [0.717, 1.165) is 28.9 Å². The molecule has 0 spiro atoms. The largest absolute Gasteiger partial charge is 0.457 e. The van der Waals surface area contributed by atoms with Crippen LogP contribution in [0.5, 0.6) is 5.75 Å². The summed E-state index contributed by atoms with van der Waals surface area (Å²) in [5.74, 6) is 1.96. The molecule has 2 heteroatoms. The summed E-state index contributed by atoms with van der Waals surface area (Å²) in [6.45, 7) is 4.18. The Morgan fingerprint density at radius 2 is 1.68 bits per heavy atom. The van der Waals surface area contributed by atoms with E-state index in [0.29, 0.717) is 0 Å². The van der Waals surface area contributed by atoms with Crippen LogP contribution in [0.25, 0.3) is 5.76 Å². The summed E-state index contributed by atoms with van der Waals surface area (Å²) in [7, 11) is 0. The Kier molecular flexibility index (Phi) is 4.10. The molecule has 0 aliphatic carbocycles. The van der Waals surface area contributed by atoms with E-state index >= 15 is 0 Å². The first-order valence-electron chi connectivity index (χ1n) is 7.70. The third-order valence-electron chi connectivity index (χ3n) is 4.23. The van der Waals surface area contributed by atoms with Gasteiger partial charge < -0.3 is 9.53 Å². The number of ether oxygens (including phenoxy) is 1. The quantitative estimate of drug-likeness (QED) is 0.765. The predicted molar refractivity (Wildman–Crippen MR) is 88.6 cm³/mol. The van der Waals surface area contributed by atoms with E-state index in [2.05, 4.69) is 26.0 Å². The lowest BCUT2D eigenvalue weighted by Crippen LogP contribution is -2.22. The molecule has 0 fully saturated rings. The molecule has 0 N–H and O–H groups in total. The van der Waals surface area contributed by atoms with Crippen molar-refractivity contribution < 1.29 is 9.53 Å². The maximum Gasteiger partial charge on any atom is 0.131 e. The molecule has 1 aliphatic heterocycles. The number of allylic oxidation sites excluding steroid dienone is 1. The number of carbonyl (C=O) groups is 1. The summed E-state index contributed by atoms with van der Waals surface area (Å²) in [5.41, 5.74) is 2.13. The van der Waals surface area contributed by atoms with Crippen molar-refractivity contribution in [2.75, 3.05) is 0 Å². The Bertz CT molecular complexity index is 686. The number of aldehydes is 1. The second-order valence-electron chi connectivity index (χ2n) is 6.02. The molecule has 2 aromatic carbocycles. The van der Waals surface area contributed by atoms with Gasteiger partial charge >= 0.3 is 0 Å². The van der Waals surface area contributed by atoms with Crippen LogP contribution in [0.2, 0.25) is 0 Å². The van der Waals surface area contributed by atoms with Gasteiger partial charge in [0.15, 0.2) is 0 Å². The van der Waals surface area contributed by atoms with Crippen LogP contribution in [0.3, 0.4) is 0 Å². The fourth-order valence-electron chi connectivity index (χ4n) is 2.99. The summed E-state index contributed by atoms with van der Waals surface area (Å²) in [6, 6.07) is 18.0. The zero-order valence-electron chi connectivity index (χ0n) is 12.9. The topological polar surface area (TPSA) is 26.3 Å². The Labute approximate surface area is 131 Å². The fraction of sp³-hybridized carbons (Fsp3) is 0.250. The second kappa shape index (κ2) is 6.18. The molecule has 0 amide bonds. The second-order valence-corrected chi connectivity index (χ2v) is 6.02. The molecule has 2 atom stereocenters. The minimum Gasteiger partial charge on any atom is -0.457 e. The first-order valence-corrected chi connectivity index (χ1v) is 7.70. The molecule has 112 valence electrons. The van der Waals surface area contributed by atoms with Crippen molar-refractivity contribution in [3.05, 3.63) is 71.8 Å². The van der Waals surface area contributed by atoms with E-state index < -0.39 is 0 Å². The Balaban J connectivity index is 2.08. The van der Waals surface area contributed by atoms with Crippen LogP contribution in [-0.4, -0.2) is 6.29 Å². The Hall–Kier alpha value is -2.35. The number of para-hydroxylation sites is 1. The highest BCUT2D eigenvalue weighted by Crippen LogP contribution is 2.42. The van der Waals surface area contributed by atoms with Gasteiger partial charge in [-0.2, -0.15) is 0 Å². The number of fused-ring (bicyclic) bond motifs is 1. The van der Waals surface area contributed by atoms with Crippen LogP contribution in [-0.2, 0) is 4.79 Å². The van der Waals surface area contributed by atoms with Gasteiger partial charge in [0.05, 0.1) is 0 Å². The van der Waals surface area contributed by atoms with Crippen LogP contribution in [0.4, 0.5) is 0 Å². The first-order chi connectivity index (χ1) is 10.7. The number of hydrogen-bond donors (Lipinski definition) is 0. The number of carbonyl (C=O) groups excluding carboxylic acids is 1. The highest BCUT2D eigenvalue weighted by molar-refractivity contribution is 5.69. The SMILES string of the molecule is CC(C)C(C=O)C1C=C(c2ccccc2)Oc2ccccc21. The van der Waals surface area contributed by atoms with Gasteiger partial charge in [-0.15, -0.1) is 0 Å². The average Bonchev–Trinajstić information content (AvgIpc) is 2.56. The summed E-state index contributed by atoms with van der Waals surface area (Å²) in [5, 5.41) is 0. The molecule has 2 aromatic rings. The zero-order chi connectivity index (χ0) is 15.5. The van der Waals surface area contributed by atoms with E-state index in [-0.39, 0.29) is 17.8 Å². The highest BCUT2D eigenvalue weighted by atomic mass is 16.5. The molecule has 1 aliphatic rings. The molecule has 0 saturated carbocycles. The average molecular weight is 292 g/mol. The minimum atomic E-state index is -0.0521. The third-order valence-corrected chi connectivity index (χ3v) is 4.23. The standard InChI is InChI=1S/C20H20O2/c1-14(2)18(13-21)17-12-20(15-8-4-3-5-9-15)22-19-11-7-6-10-16(17)19/h3-14,17-18H,1-2H3. The monoisotopic (exact) mass is 292 g/mol. The molecule has 1 heterocycles. The van der Waals surface area contributed by atoms with Crippen molar-refractivity contribution in [3.8, 4) is 5.75 Å². The molecule has 2 unspecified atom stereocenters. The van der Waals surface area contributed by atoms with Crippen LogP contribution in [0.1, 0.15) is 30.9 Å². The van der Waals surface area contributed by atoms with E-state index in [1.54, 1.807) is 0 Å². The summed E-state index contributed by atoms with van der Waals surface area (Å²) >= 11 is 0. The Morgan fingerprint density at radius 3 is 2.36 bits per heavy atom. The molecule has 0 radical (unpaired) electrons. The smallest absolute Gasteiger partial charge is 0.131 e. The molecule has 22 heavy (non-hydrogen) atoms. The Morgan fingerprint density at radius 1 is 1.00 bits per heavy atom. The van der Waals surface area contributed by atoms with Crippen molar-refractivity contribution in [3.63, 3.8) is 0 Å². The summed E-state index contributed by atoms with van der Waals surface area (Å²) < 4.78 is 6.07. The van der Waals surface area contributed by atoms with Gasteiger partial charge in [-0.05, 0) is 18.1 Å². The van der Waals surface area contributed by atoms with E-state index in [9.17, 15) is 4.79 Å². The van der Waals surface area contributed by atoms with Gasteiger partial charge in [0.25, 0.3) is 0 Å². The van der Waals surface area contributed by atoms with Crippen LogP contribution in [0.15, 0.2) is 60.7 Å². The molecule has 0 saturated heterocycles. The van der Waals surface area contributed by atoms with Crippen LogP contribution < -0.4 is 4.74 Å². The van der Waals surface area contributed by atoms with Crippen molar-refractivity contribution in [2.24, 2.45) is 11.8 Å². The molecule has 2 nitrogen and oxygen atoms in total. The lowest BCUT2D eigenvalue weighted by Gasteiger charge is -2.30. The van der Waals surface area contributed by atoms with Gasteiger partial charge in [-0.25, -0.2) is 0 Å². The van der Waals surface area contributed by atoms with Gasteiger partial charge in [0, 0.05) is 23.0 Å². The van der Waals surface area contributed by atoms with E-state index in [1.807, 2.05) is 48.5 Å². The third kappa shape index (κ3) is 2.69. The molecule has 0 aromatic heterocycles. The lowest BCUT2D eigenvalue weighted by molar-refractivity contribution is -0.112. The number of benzene rings is 2. The number of hydrogen-bond acceptors (Lipinski definition) is 2. The molecule has 0 bridgehead atoms. The normalized spacial score (nSPS) is 18.1. The van der Waals surface area contributed by atoms with E-state index in [4.69, 9.17) is 4.74 Å². The first kappa shape index (κ1) is 14.6. The van der Waals surface area contributed by atoms with E-state index in [1.165, 1.54) is 0 Å². The van der Waals surface area contributed by atoms with Crippen molar-refractivity contribution in [1.82, 2.24) is 0 Å². The van der Waals surface area contributed by atoms with Crippen LogP contribution in [0, 0.1) is 11.8 Å². The lowest BCUT2D eigenvalue weighted by atomic mass is 9.78. The highest BCUT2D eigenvalue weighted by Gasteiger charge is 2.30. The molecular formula is C20H20O2. The minimum absolute atomic E-state index is 0.0521. The maximum absolute atomic E-state index is 11.6. The summed E-state index contributed by atoms with van der Waals surface area (Å²) in [4.78, 5) is 11.6. The van der Waals surface area contributed by atoms with Gasteiger partial charge in [-0.1, -0.05) is 62.4 Å².